The summed E-state index contributed by atoms with van der Waals surface area (Å²) in [5.74, 6) is 5.76. The molecule has 5 heteroatoms. The van der Waals surface area contributed by atoms with Crippen LogP contribution in [0.1, 0.15) is 15.9 Å². The van der Waals surface area contributed by atoms with E-state index < -0.39 is 0 Å². The second-order valence-corrected chi connectivity index (χ2v) is 4.62. The Morgan fingerprint density at radius 2 is 2.14 bits per heavy atom. The summed E-state index contributed by atoms with van der Waals surface area (Å²) < 4.78 is 5.26. The molecule has 2 rings (SSSR count). The Kier molecular flexibility index (Phi) is 5.78. The fourth-order valence-electron chi connectivity index (χ4n) is 1.95. The number of ether oxygens (including phenoxy) is 1. The summed E-state index contributed by atoms with van der Waals surface area (Å²) in [7, 11) is 0. The van der Waals surface area contributed by atoms with Crippen LogP contribution in [-0.4, -0.2) is 50.2 Å². The Balaban J connectivity index is 1.75. The number of hydrogen-bond donors (Lipinski definition) is 1. The maximum absolute atomic E-state index is 11.9. The third kappa shape index (κ3) is 4.92. The molecule has 1 aromatic rings. The fourth-order valence-corrected chi connectivity index (χ4v) is 1.95. The third-order valence-corrected chi connectivity index (χ3v) is 3.12. The van der Waals surface area contributed by atoms with Crippen LogP contribution < -0.4 is 5.32 Å². The quantitative estimate of drug-likeness (QED) is 0.826. The Morgan fingerprint density at radius 3 is 2.90 bits per heavy atom. The predicted octanol–water partition coefficient (Wildman–Crippen LogP) is 0.624. The van der Waals surface area contributed by atoms with Crippen molar-refractivity contribution >= 4 is 5.91 Å². The summed E-state index contributed by atoms with van der Waals surface area (Å²) in [4.78, 5) is 14.1. The van der Waals surface area contributed by atoms with E-state index in [0.29, 0.717) is 24.2 Å². The molecule has 0 radical (unpaired) electrons. The molecular weight excluding hydrogens is 266 g/mol. The van der Waals surface area contributed by atoms with Gasteiger partial charge in [0.05, 0.1) is 37.9 Å². The number of nitrogens with one attached hydrogen (secondary N) is 1. The first-order valence-electron chi connectivity index (χ1n) is 6.84. The standard InChI is InChI=1S/C16H17N3O2/c17-13-14-4-3-5-15(12-14)16(20)18-6-1-2-7-19-8-10-21-11-9-19/h3-5,12H,6-11H2,(H,18,20). The molecule has 1 aliphatic heterocycles. The topological polar surface area (TPSA) is 65.4 Å². The van der Waals surface area contributed by atoms with E-state index in [0.717, 1.165) is 26.3 Å². The van der Waals surface area contributed by atoms with Gasteiger partial charge in [0, 0.05) is 18.7 Å². The van der Waals surface area contributed by atoms with Gasteiger partial charge in [0.2, 0.25) is 0 Å². The van der Waals surface area contributed by atoms with Gasteiger partial charge in [-0.1, -0.05) is 17.9 Å². The van der Waals surface area contributed by atoms with Gasteiger partial charge in [0.1, 0.15) is 0 Å². The highest BCUT2D eigenvalue weighted by Gasteiger charge is 2.07. The molecule has 0 spiro atoms. The highest BCUT2D eigenvalue weighted by atomic mass is 16.5. The van der Waals surface area contributed by atoms with Crippen molar-refractivity contribution in [2.45, 2.75) is 0 Å². The molecule has 1 heterocycles. The van der Waals surface area contributed by atoms with Crippen LogP contribution in [0.2, 0.25) is 0 Å². The summed E-state index contributed by atoms with van der Waals surface area (Å²) in [5.41, 5.74) is 0.949. The molecule has 1 saturated heterocycles. The molecule has 5 nitrogen and oxygen atoms in total. The van der Waals surface area contributed by atoms with Crippen LogP contribution in [0.4, 0.5) is 0 Å². The Labute approximate surface area is 124 Å². The zero-order valence-corrected chi connectivity index (χ0v) is 11.8. The van der Waals surface area contributed by atoms with Crippen molar-refractivity contribution in [1.82, 2.24) is 10.2 Å². The van der Waals surface area contributed by atoms with Crippen LogP contribution in [0.3, 0.4) is 0 Å². The van der Waals surface area contributed by atoms with E-state index in [4.69, 9.17) is 10.00 Å². The fraction of sp³-hybridized carbons (Fsp3) is 0.375. The number of carbonyl (C=O) groups is 1. The van der Waals surface area contributed by atoms with Crippen molar-refractivity contribution in [3.8, 4) is 17.9 Å². The van der Waals surface area contributed by atoms with Gasteiger partial charge in [0.25, 0.3) is 5.91 Å². The van der Waals surface area contributed by atoms with Crippen molar-refractivity contribution in [3.63, 3.8) is 0 Å². The number of morpholine rings is 1. The van der Waals surface area contributed by atoms with Gasteiger partial charge in [-0.25, -0.2) is 0 Å². The van der Waals surface area contributed by atoms with Crippen molar-refractivity contribution in [1.29, 1.82) is 5.26 Å². The van der Waals surface area contributed by atoms with E-state index in [-0.39, 0.29) is 5.91 Å². The van der Waals surface area contributed by atoms with Crippen LogP contribution in [0, 0.1) is 23.2 Å². The average Bonchev–Trinajstić information content (AvgIpc) is 2.55. The minimum Gasteiger partial charge on any atom is -0.379 e. The SMILES string of the molecule is N#Cc1cccc(C(=O)NCC#CCN2CCOCC2)c1. The highest BCUT2D eigenvalue weighted by Crippen LogP contribution is 2.03. The number of nitriles is 1. The van der Waals surface area contributed by atoms with Crippen LogP contribution in [-0.2, 0) is 4.74 Å². The maximum Gasteiger partial charge on any atom is 0.252 e. The molecule has 1 aromatic carbocycles. The molecule has 108 valence electrons. The van der Waals surface area contributed by atoms with Gasteiger partial charge >= 0.3 is 0 Å². The molecule has 1 fully saturated rings. The summed E-state index contributed by atoms with van der Waals surface area (Å²) in [6.45, 7) is 4.33. The summed E-state index contributed by atoms with van der Waals surface area (Å²) >= 11 is 0. The van der Waals surface area contributed by atoms with E-state index in [1.807, 2.05) is 6.07 Å². The van der Waals surface area contributed by atoms with Gasteiger partial charge in [-0.15, -0.1) is 0 Å². The monoisotopic (exact) mass is 283 g/mol. The zero-order valence-electron chi connectivity index (χ0n) is 11.8. The van der Waals surface area contributed by atoms with E-state index in [1.165, 1.54) is 0 Å². The number of amides is 1. The third-order valence-electron chi connectivity index (χ3n) is 3.12. The molecule has 1 aliphatic rings. The largest absolute Gasteiger partial charge is 0.379 e. The lowest BCUT2D eigenvalue weighted by Crippen LogP contribution is -2.36. The smallest absolute Gasteiger partial charge is 0.252 e. The zero-order chi connectivity index (χ0) is 14.9. The molecular formula is C16H17N3O2. The first kappa shape index (κ1) is 15.1. The van der Waals surface area contributed by atoms with Gasteiger partial charge in [-0.2, -0.15) is 5.26 Å². The molecule has 0 aromatic heterocycles. The number of benzene rings is 1. The van der Waals surface area contributed by atoms with Gasteiger partial charge < -0.3 is 10.1 Å². The number of nitrogens with zero attached hydrogens (tertiary/aromatic N) is 2. The first-order valence-corrected chi connectivity index (χ1v) is 6.84. The van der Waals surface area contributed by atoms with Crippen LogP contribution in [0.25, 0.3) is 0 Å². The van der Waals surface area contributed by atoms with E-state index in [9.17, 15) is 4.79 Å². The second kappa shape index (κ2) is 8.06. The summed E-state index contributed by atoms with van der Waals surface area (Å²) in [6.07, 6.45) is 0. The van der Waals surface area contributed by atoms with Crippen LogP contribution in [0.15, 0.2) is 24.3 Å². The Hall–Kier alpha value is -2.34. The van der Waals surface area contributed by atoms with Crippen molar-refractivity contribution in [3.05, 3.63) is 35.4 Å². The predicted molar refractivity (Wildman–Crippen MR) is 78.5 cm³/mol. The van der Waals surface area contributed by atoms with Gasteiger partial charge in [0.15, 0.2) is 0 Å². The normalized spacial score (nSPS) is 14.6. The minimum absolute atomic E-state index is 0.215. The second-order valence-electron chi connectivity index (χ2n) is 4.62. The summed E-state index contributed by atoms with van der Waals surface area (Å²) in [6, 6.07) is 8.61. The van der Waals surface area contributed by atoms with Gasteiger partial charge in [-0.3, -0.25) is 9.69 Å². The Bertz CT molecular complexity index is 590. The van der Waals surface area contributed by atoms with Crippen molar-refractivity contribution in [2.24, 2.45) is 0 Å². The van der Waals surface area contributed by atoms with Crippen molar-refractivity contribution < 1.29 is 9.53 Å². The molecule has 0 bridgehead atoms. The molecule has 0 unspecified atom stereocenters. The van der Waals surface area contributed by atoms with Crippen LogP contribution >= 0.6 is 0 Å². The molecule has 0 aliphatic carbocycles. The average molecular weight is 283 g/mol. The molecule has 0 saturated carbocycles. The lowest BCUT2D eigenvalue weighted by Gasteiger charge is -2.24. The molecule has 1 N–H and O–H groups in total. The minimum atomic E-state index is -0.215. The Morgan fingerprint density at radius 1 is 1.33 bits per heavy atom. The van der Waals surface area contributed by atoms with Crippen molar-refractivity contribution in [2.75, 3.05) is 39.4 Å². The number of rotatable bonds is 3. The van der Waals surface area contributed by atoms with E-state index in [2.05, 4.69) is 22.1 Å². The van der Waals surface area contributed by atoms with Gasteiger partial charge in [-0.05, 0) is 18.2 Å². The van der Waals surface area contributed by atoms with E-state index in [1.54, 1.807) is 24.3 Å². The lowest BCUT2D eigenvalue weighted by atomic mass is 10.1. The summed E-state index contributed by atoms with van der Waals surface area (Å²) in [5, 5.41) is 11.5. The molecule has 0 atom stereocenters. The lowest BCUT2D eigenvalue weighted by molar-refractivity contribution is 0.0443. The maximum atomic E-state index is 11.9. The number of hydrogen-bond acceptors (Lipinski definition) is 4. The first-order chi connectivity index (χ1) is 10.3. The van der Waals surface area contributed by atoms with Crippen LogP contribution in [0.5, 0.6) is 0 Å². The highest BCUT2D eigenvalue weighted by molar-refractivity contribution is 5.94. The molecule has 1 amide bonds. The van der Waals surface area contributed by atoms with E-state index >= 15 is 0 Å². The molecule has 21 heavy (non-hydrogen) atoms. The number of carbonyl (C=O) groups excluding carboxylic acids is 1.